The molecule has 3 rings (SSSR count). The summed E-state index contributed by atoms with van der Waals surface area (Å²) in [7, 11) is -3.12. The van der Waals surface area contributed by atoms with E-state index in [1.54, 1.807) is 31.2 Å². The molecule has 2 heterocycles. The Morgan fingerprint density at radius 2 is 2.05 bits per heavy atom. The Balaban J connectivity index is 1.98. The summed E-state index contributed by atoms with van der Waals surface area (Å²) in [6.07, 6.45) is 0.377. The molecule has 7 heteroatoms. The van der Waals surface area contributed by atoms with E-state index in [0.717, 1.165) is 0 Å². The molecule has 2 aromatic rings. The first kappa shape index (κ1) is 14.8. The normalized spacial score (nSPS) is 23.5. The lowest BCUT2D eigenvalue weighted by molar-refractivity contribution is 0.0917. The number of carbonyl (C=O) groups is 1. The van der Waals surface area contributed by atoms with Crippen LogP contribution < -0.4 is 10.9 Å². The Morgan fingerprint density at radius 1 is 1.32 bits per heavy atom. The van der Waals surface area contributed by atoms with Gasteiger partial charge in [-0.05, 0) is 19.4 Å². The summed E-state index contributed by atoms with van der Waals surface area (Å²) in [5.41, 5.74) is -0.332. The minimum Gasteiger partial charge on any atom is -0.346 e. The van der Waals surface area contributed by atoms with Crippen molar-refractivity contribution in [2.45, 2.75) is 18.9 Å². The minimum absolute atomic E-state index is 0.0693. The van der Waals surface area contributed by atoms with Crippen LogP contribution in [0.5, 0.6) is 0 Å². The van der Waals surface area contributed by atoms with Gasteiger partial charge < -0.3 is 10.3 Å². The third-order valence-electron chi connectivity index (χ3n) is 3.91. The number of sulfone groups is 1. The molecule has 1 amide bonds. The van der Waals surface area contributed by atoms with Gasteiger partial charge in [0.25, 0.3) is 5.91 Å². The van der Waals surface area contributed by atoms with Crippen LogP contribution in [0.3, 0.4) is 0 Å². The Labute approximate surface area is 127 Å². The molecule has 116 valence electrons. The fourth-order valence-corrected chi connectivity index (χ4v) is 4.94. The Bertz CT molecular complexity index is 917. The number of aromatic amines is 1. The summed E-state index contributed by atoms with van der Waals surface area (Å²) in [5, 5.41) is 3.40. The van der Waals surface area contributed by atoms with E-state index >= 15 is 0 Å². The zero-order valence-corrected chi connectivity index (χ0v) is 12.9. The predicted molar refractivity (Wildman–Crippen MR) is 83.7 cm³/mol. The molecule has 2 N–H and O–H groups in total. The van der Waals surface area contributed by atoms with Gasteiger partial charge in [-0.2, -0.15) is 0 Å². The molecule has 0 spiro atoms. The summed E-state index contributed by atoms with van der Waals surface area (Å²) >= 11 is 0. The molecule has 1 aliphatic heterocycles. The van der Waals surface area contributed by atoms with Gasteiger partial charge in [-0.3, -0.25) is 9.59 Å². The lowest BCUT2D eigenvalue weighted by atomic mass is 10.0. The highest BCUT2D eigenvalue weighted by Gasteiger charge is 2.39. The van der Waals surface area contributed by atoms with E-state index in [9.17, 15) is 18.0 Å². The van der Waals surface area contributed by atoms with Crippen molar-refractivity contribution in [3.8, 4) is 0 Å². The van der Waals surface area contributed by atoms with Crippen molar-refractivity contribution in [2.24, 2.45) is 0 Å². The van der Waals surface area contributed by atoms with Crippen molar-refractivity contribution in [1.29, 1.82) is 0 Å². The summed E-state index contributed by atoms with van der Waals surface area (Å²) in [6.45, 7) is 1.71. The summed E-state index contributed by atoms with van der Waals surface area (Å²) in [4.78, 5) is 26.9. The van der Waals surface area contributed by atoms with E-state index in [4.69, 9.17) is 0 Å². The molecule has 1 fully saturated rings. The minimum atomic E-state index is -3.12. The second kappa shape index (κ2) is 4.95. The van der Waals surface area contributed by atoms with Gasteiger partial charge in [0.2, 0.25) is 5.56 Å². The Kier molecular flexibility index (Phi) is 3.32. The van der Waals surface area contributed by atoms with Gasteiger partial charge in [-0.15, -0.1) is 0 Å². The first-order valence-electron chi connectivity index (χ1n) is 6.93. The lowest BCUT2D eigenvalue weighted by Gasteiger charge is -2.24. The number of carbonyl (C=O) groups excluding carboxylic acids is 1. The molecule has 0 aliphatic carbocycles. The van der Waals surface area contributed by atoms with E-state index < -0.39 is 21.3 Å². The van der Waals surface area contributed by atoms with Crippen LogP contribution in [0.25, 0.3) is 10.9 Å². The number of hydrogen-bond acceptors (Lipinski definition) is 4. The standard InChI is InChI=1S/C15H16N2O4S/c1-15(6-7-22(20,21)9-15)17-14(19)11-8-13(18)16-12-5-3-2-4-10(11)12/h2-5,8H,6-7,9H2,1H3,(H,16,18)(H,17,19). The van der Waals surface area contributed by atoms with Crippen molar-refractivity contribution in [3.05, 3.63) is 46.2 Å². The molecule has 22 heavy (non-hydrogen) atoms. The smallest absolute Gasteiger partial charge is 0.252 e. The maximum atomic E-state index is 12.5. The van der Waals surface area contributed by atoms with E-state index in [0.29, 0.717) is 17.3 Å². The highest BCUT2D eigenvalue weighted by Crippen LogP contribution is 2.24. The molecule has 1 saturated heterocycles. The molecule has 1 aromatic carbocycles. The van der Waals surface area contributed by atoms with Gasteiger partial charge in [0.15, 0.2) is 9.84 Å². The molecular weight excluding hydrogens is 304 g/mol. The molecule has 0 saturated carbocycles. The van der Waals surface area contributed by atoms with Gasteiger partial charge in [0.05, 0.1) is 22.6 Å². The number of benzene rings is 1. The molecular formula is C15H16N2O4S. The summed E-state index contributed by atoms with van der Waals surface area (Å²) < 4.78 is 23.2. The third-order valence-corrected chi connectivity index (χ3v) is 5.82. The van der Waals surface area contributed by atoms with Crippen LogP contribution in [0.1, 0.15) is 23.7 Å². The number of H-pyrrole nitrogens is 1. The molecule has 0 radical (unpaired) electrons. The molecule has 1 aromatic heterocycles. The number of nitrogens with one attached hydrogen (secondary N) is 2. The monoisotopic (exact) mass is 320 g/mol. The molecule has 1 unspecified atom stereocenters. The van der Waals surface area contributed by atoms with Crippen LogP contribution in [0.15, 0.2) is 35.1 Å². The third kappa shape index (κ3) is 2.76. The fraction of sp³-hybridized carbons (Fsp3) is 0.333. The van der Waals surface area contributed by atoms with Crippen LogP contribution in [-0.2, 0) is 9.84 Å². The molecule has 1 aliphatic rings. The number of amides is 1. The van der Waals surface area contributed by atoms with Crippen LogP contribution in [0.4, 0.5) is 0 Å². The van der Waals surface area contributed by atoms with Crippen LogP contribution in [0.2, 0.25) is 0 Å². The van der Waals surface area contributed by atoms with E-state index in [1.165, 1.54) is 6.07 Å². The van der Waals surface area contributed by atoms with Gasteiger partial charge in [0.1, 0.15) is 0 Å². The highest BCUT2D eigenvalue weighted by atomic mass is 32.2. The maximum absolute atomic E-state index is 12.5. The van der Waals surface area contributed by atoms with Crippen LogP contribution in [0, 0.1) is 0 Å². The number of fused-ring (bicyclic) bond motifs is 1. The number of pyridine rings is 1. The topological polar surface area (TPSA) is 96.1 Å². The number of para-hydroxylation sites is 1. The van der Waals surface area contributed by atoms with Gasteiger partial charge >= 0.3 is 0 Å². The Morgan fingerprint density at radius 3 is 2.73 bits per heavy atom. The lowest BCUT2D eigenvalue weighted by Crippen LogP contribution is -2.47. The maximum Gasteiger partial charge on any atom is 0.252 e. The average molecular weight is 320 g/mol. The second-order valence-electron chi connectivity index (χ2n) is 5.95. The molecule has 6 nitrogen and oxygen atoms in total. The quantitative estimate of drug-likeness (QED) is 0.857. The fourth-order valence-electron chi connectivity index (χ4n) is 2.84. The summed E-state index contributed by atoms with van der Waals surface area (Å²) in [5.74, 6) is -0.436. The van der Waals surface area contributed by atoms with E-state index in [2.05, 4.69) is 10.3 Å². The van der Waals surface area contributed by atoms with Crippen LogP contribution in [-0.4, -0.2) is 36.4 Å². The van der Waals surface area contributed by atoms with Crippen molar-refractivity contribution in [3.63, 3.8) is 0 Å². The number of aromatic nitrogens is 1. The zero-order chi connectivity index (χ0) is 16.0. The van der Waals surface area contributed by atoms with Crippen molar-refractivity contribution in [1.82, 2.24) is 10.3 Å². The van der Waals surface area contributed by atoms with Crippen molar-refractivity contribution in [2.75, 3.05) is 11.5 Å². The molecule has 1 atom stereocenters. The van der Waals surface area contributed by atoms with Crippen LogP contribution >= 0.6 is 0 Å². The van der Waals surface area contributed by atoms with Crippen molar-refractivity contribution < 1.29 is 13.2 Å². The zero-order valence-electron chi connectivity index (χ0n) is 12.0. The SMILES string of the molecule is CC1(NC(=O)c2cc(=O)[nH]c3ccccc23)CCS(=O)(=O)C1. The van der Waals surface area contributed by atoms with Gasteiger partial charge in [-0.1, -0.05) is 18.2 Å². The largest absolute Gasteiger partial charge is 0.346 e. The van der Waals surface area contributed by atoms with Crippen molar-refractivity contribution >= 4 is 26.6 Å². The number of rotatable bonds is 2. The van der Waals surface area contributed by atoms with Gasteiger partial charge in [0, 0.05) is 17.0 Å². The van der Waals surface area contributed by atoms with E-state index in [1.807, 2.05) is 0 Å². The Hall–Kier alpha value is -2.15. The predicted octanol–water partition coefficient (Wildman–Crippen LogP) is 0.835. The van der Waals surface area contributed by atoms with E-state index in [-0.39, 0.29) is 22.6 Å². The number of hydrogen-bond donors (Lipinski definition) is 2. The average Bonchev–Trinajstić information content (AvgIpc) is 2.71. The first-order valence-corrected chi connectivity index (χ1v) is 8.75. The van der Waals surface area contributed by atoms with Gasteiger partial charge in [-0.25, -0.2) is 8.42 Å². The summed E-state index contributed by atoms with van der Waals surface area (Å²) in [6, 6.07) is 8.25. The molecule has 0 bridgehead atoms. The highest BCUT2D eigenvalue weighted by molar-refractivity contribution is 7.91. The first-order chi connectivity index (χ1) is 10.3. The second-order valence-corrected chi connectivity index (χ2v) is 8.13.